The molecule has 0 bridgehead atoms. The normalized spacial score (nSPS) is 22.1. The third kappa shape index (κ3) is 0.591. The smallest absolute Gasteiger partial charge is 0.389 e. The van der Waals surface area contributed by atoms with Gasteiger partial charge in [0.25, 0.3) is 0 Å². The number of carbonyl (C=O) groups is 1. The van der Waals surface area contributed by atoms with Gasteiger partial charge in [-0.2, -0.15) is 0 Å². The summed E-state index contributed by atoms with van der Waals surface area (Å²) in [5, 5.41) is 2.93. The van der Waals surface area contributed by atoms with E-state index in [1.807, 2.05) is 0 Å². The van der Waals surface area contributed by atoms with Gasteiger partial charge < -0.3 is 4.74 Å². The average Bonchev–Trinajstić information content (AvgIpc) is 2.21. The molecule has 1 amide bonds. The van der Waals surface area contributed by atoms with Crippen LogP contribution in [0.1, 0.15) is 0 Å². The maximum Gasteiger partial charge on any atom is 0.433 e. The first kappa shape index (κ1) is 5.36. The summed E-state index contributed by atoms with van der Waals surface area (Å²) in [7, 11) is 0. The van der Waals surface area contributed by atoms with Gasteiger partial charge in [0.05, 0.1) is 6.20 Å². The molecule has 3 N–H and O–H groups in total. The van der Waals surface area contributed by atoms with Crippen molar-refractivity contribution in [2.24, 2.45) is 5.84 Å². The second-order valence-electron chi connectivity index (χ2n) is 2.05. The van der Waals surface area contributed by atoms with Gasteiger partial charge in [-0.3, -0.25) is 5.01 Å². The van der Waals surface area contributed by atoms with Crippen LogP contribution in [-0.4, -0.2) is 22.8 Å². The molecular formula is C4H6N4O2. The Labute approximate surface area is 56.8 Å². The zero-order valence-corrected chi connectivity index (χ0v) is 5.07. The molecule has 0 atom stereocenters. The van der Waals surface area contributed by atoms with Crippen molar-refractivity contribution in [3.8, 4) is 0 Å². The molecule has 0 aromatic heterocycles. The van der Waals surface area contributed by atoms with Crippen LogP contribution in [0.4, 0.5) is 4.79 Å². The third-order valence-corrected chi connectivity index (χ3v) is 1.27. The molecule has 0 radical (unpaired) electrons. The minimum atomic E-state index is -0.459. The first-order valence-electron chi connectivity index (χ1n) is 2.75. The lowest BCUT2D eigenvalue weighted by Gasteiger charge is -2.11. The van der Waals surface area contributed by atoms with Crippen molar-refractivity contribution < 1.29 is 9.53 Å². The van der Waals surface area contributed by atoms with Crippen molar-refractivity contribution >= 4 is 6.09 Å². The van der Waals surface area contributed by atoms with Gasteiger partial charge in [0, 0.05) is 0 Å². The minimum Gasteiger partial charge on any atom is -0.389 e. The first-order valence-corrected chi connectivity index (χ1v) is 2.75. The number of nitrogens with two attached hydrogens (primary N) is 1. The molecule has 0 aromatic carbocycles. The van der Waals surface area contributed by atoms with Crippen molar-refractivity contribution in [2.45, 2.75) is 0 Å². The number of hydrogen-bond donors (Lipinski definition) is 2. The SMILES string of the molecule is NN1C=C2OC(=O)NN2C1. The van der Waals surface area contributed by atoms with E-state index in [1.54, 1.807) is 0 Å². The monoisotopic (exact) mass is 142 g/mol. The predicted molar refractivity (Wildman–Crippen MR) is 30.4 cm³/mol. The van der Waals surface area contributed by atoms with Crippen LogP contribution in [0.2, 0.25) is 0 Å². The van der Waals surface area contributed by atoms with Crippen LogP contribution in [-0.2, 0) is 4.74 Å². The standard InChI is InChI=1S/C4H6N4O2/c5-7-1-3-8(2-7)6-4(9)10-3/h1H,2,5H2,(H,6,9). The van der Waals surface area contributed by atoms with E-state index in [0.717, 1.165) is 0 Å². The quantitative estimate of drug-likeness (QED) is 0.419. The molecule has 0 unspecified atom stereocenters. The zero-order chi connectivity index (χ0) is 7.14. The fraction of sp³-hybridized carbons (Fsp3) is 0.250. The van der Waals surface area contributed by atoms with Crippen LogP contribution in [0.15, 0.2) is 12.1 Å². The Balaban J connectivity index is 2.21. The van der Waals surface area contributed by atoms with E-state index in [4.69, 9.17) is 5.84 Å². The minimum absolute atomic E-state index is 0.432. The number of ether oxygens (including phenoxy) is 1. The summed E-state index contributed by atoms with van der Waals surface area (Å²) < 4.78 is 4.67. The third-order valence-electron chi connectivity index (χ3n) is 1.27. The fourth-order valence-corrected chi connectivity index (χ4v) is 0.885. The molecular weight excluding hydrogens is 136 g/mol. The maximum absolute atomic E-state index is 10.5. The van der Waals surface area contributed by atoms with E-state index in [9.17, 15) is 4.79 Å². The molecule has 2 rings (SSSR count). The van der Waals surface area contributed by atoms with E-state index >= 15 is 0 Å². The van der Waals surface area contributed by atoms with Gasteiger partial charge in [0.1, 0.15) is 6.67 Å². The summed E-state index contributed by atoms with van der Waals surface area (Å²) in [5.41, 5.74) is 2.43. The van der Waals surface area contributed by atoms with E-state index in [1.165, 1.54) is 16.2 Å². The molecule has 1 saturated heterocycles. The van der Waals surface area contributed by atoms with Crippen molar-refractivity contribution in [3.63, 3.8) is 0 Å². The molecule has 0 spiro atoms. The predicted octanol–water partition coefficient (Wildman–Crippen LogP) is -1.11. The Morgan fingerprint density at radius 3 is 3.30 bits per heavy atom. The second-order valence-corrected chi connectivity index (χ2v) is 2.05. The summed E-state index contributed by atoms with van der Waals surface area (Å²) in [6, 6.07) is 0. The summed E-state index contributed by atoms with van der Waals surface area (Å²) >= 11 is 0. The molecule has 1 fully saturated rings. The van der Waals surface area contributed by atoms with Crippen LogP contribution in [0, 0.1) is 0 Å². The number of nitrogens with zero attached hydrogens (tertiary/aromatic N) is 2. The Bertz CT molecular complexity index is 213. The van der Waals surface area contributed by atoms with Crippen LogP contribution in [0.5, 0.6) is 0 Å². The van der Waals surface area contributed by atoms with Gasteiger partial charge in [-0.1, -0.05) is 0 Å². The van der Waals surface area contributed by atoms with Gasteiger partial charge in [0.2, 0.25) is 5.88 Å². The van der Waals surface area contributed by atoms with Crippen molar-refractivity contribution in [2.75, 3.05) is 6.67 Å². The maximum atomic E-state index is 10.5. The largest absolute Gasteiger partial charge is 0.433 e. The number of amides is 1. The first-order chi connectivity index (χ1) is 4.75. The van der Waals surface area contributed by atoms with E-state index in [0.29, 0.717) is 12.6 Å². The number of rotatable bonds is 0. The Kier molecular flexibility index (Phi) is 0.825. The molecule has 2 aliphatic rings. The highest BCUT2D eigenvalue weighted by Gasteiger charge is 2.30. The number of fused-ring (bicyclic) bond motifs is 1. The molecule has 0 saturated carbocycles. The van der Waals surface area contributed by atoms with Gasteiger partial charge in [-0.05, 0) is 0 Å². The van der Waals surface area contributed by atoms with Crippen LogP contribution in [0.3, 0.4) is 0 Å². The number of carbonyl (C=O) groups excluding carboxylic acids is 1. The van der Waals surface area contributed by atoms with Gasteiger partial charge in [-0.25, -0.2) is 21.1 Å². The topological polar surface area (TPSA) is 70.8 Å². The van der Waals surface area contributed by atoms with Crippen molar-refractivity contribution in [3.05, 3.63) is 12.1 Å². The van der Waals surface area contributed by atoms with Gasteiger partial charge in [-0.15, -0.1) is 0 Å². The molecule has 2 aliphatic heterocycles. The van der Waals surface area contributed by atoms with Crippen molar-refractivity contribution in [1.82, 2.24) is 15.4 Å². The summed E-state index contributed by atoms with van der Waals surface area (Å²) in [6.45, 7) is 0.432. The lowest BCUT2D eigenvalue weighted by atomic mass is 10.8. The Morgan fingerprint density at radius 1 is 1.80 bits per heavy atom. The molecule has 54 valence electrons. The molecule has 6 nitrogen and oxygen atoms in total. The molecule has 0 aromatic rings. The van der Waals surface area contributed by atoms with Gasteiger partial charge in [0.15, 0.2) is 0 Å². The van der Waals surface area contributed by atoms with Crippen molar-refractivity contribution in [1.29, 1.82) is 0 Å². The highest BCUT2D eigenvalue weighted by Crippen LogP contribution is 2.16. The Morgan fingerprint density at radius 2 is 2.60 bits per heavy atom. The van der Waals surface area contributed by atoms with Crippen LogP contribution >= 0.6 is 0 Å². The summed E-state index contributed by atoms with van der Waals surface area (Å²) in [6.07, 6.45) is 1.08. The zero-order valence-electron chi connectivity index (χ0n) is 5.07. The fourth-order valence-electron chi connectivity index (χ4n) is 0.885. The highest BCUT2D eigenvalue weighted by atomic mass is 16.6. The lowest BCUT2D eigenvalue weighted by molar-refractivity contribution is 0.193. The number of hydrazine groups is 2. The molecule has 0 aliphatic carbocycles. The molecule has 2 heterocycles. The highest BCUT2D eigenvalue weighted by molar-refractivity contribution is 5.70. The van der Waals surface area contributed by atoms with Crippen LogP contribution < -0.4 is 11.3 Å². The van der Waals surface area contributed by atoms with Crippen LogP contribution in [0.25, 0.3) is 0 Å². The Hall–Kier alpha value is -1.43. The van der Waals surface area contributed by atoms with Gasteiger partial charge >= 0.3 is 6.09 Å². The summed E-state index contributed by atoms with van der Waals surface area (Å²) in [4.78, 5) is 10.5. The average molecular weight is 142 g/mol. The lowest BCUT2D eigenvalue weighted by Crippen LogP contribution is -2.37. The van der Waals surface area contributed by atoms with E-state index in [-0.39, 0.29) is 0 Å². The van der Waals surface area contributed by atoms with E-state index in [2.05, 4.69) is 10.2 Å². The number of nitrogens with one attached hydrogen (secondary N) is 1. The molecule has 10 heavy (non-hydrogen) atoms. The number of hydrogen-bond acceptors (Lipinski definition) is 5. The molecule has 6 heteroatoms. The van der Waals surface area contributed by atoms with E-state index < -0.39 is 6.09 Å². The second kappa shape index (κ2) is 1.54. The summed E-state index contributed by atoms with van der Waals surface area (Å²) in [5.74, 6) is 5.81.